The van der Waals surface area contributed by atoms with Crippen molar-refractivity contribution >= 4 is 16.9 Å². The summed E-state index contributed by atoms with van der Waals surface area (Å²) in [5.41, 5.74) is 2.42. The number of carboxylic acid groups (broad SMARTS) is 1. The van der Waals surface area contributed by atoms with E-state index in [2.05, 4.69) is 0 Å². The van der Waals surface area contributed by atoms with Gasteiger partial charge in [-0.15, -0.1) is 0 Å². The number of carboxylic acids is 1. The topological polar surface area (TPSA) is 62.5 Å². The van der Waals surface area contributed by atoms with E-state index in [1.807, 2.05) is 25.1 Å². The SMILES string of the molecule is Cc1ccc2cc(C(O)C(=O)O)n(C)c2c1. The fourth-order valence-electron chi connectivity index (χ4n) is 1.85. The maximum absolute atomic E-state index is 10.7. The average molecular weight is 219 g/mol. The Kier molecular flexibility index (Phi) is 2.44. The lowest BCUT2D eigenvalue weighted by Crippen LogP contribution is -2.13. The monoisotopic (exact) mass is 219 g/mol. The molecule has 0 aliphatic carbocycles. The lowest BCUT2D eigenvalue weighted by Gasteiger charge is -2.07. The van der Waals surface area contributed by atoms with Gasteiger partial charge < -0.3 is 14.8 Å². The first kappa shape index (κ1) is 10.7. The number of carbonyl (C=O) groups is 1. The highest BCUT2D eigenvalue weighted by Gasteiger charge is 2.20. The van der Waals surface area contributed by atoms with Gasteiger partial charge in [-0.2, -0.15) is 0 Å². The smallest absolute Gasteiger partial charge is 0.338 e. The van der Waals surface area contributed by atoms with Crippen LogP contribution in [0.5, 0.6) is 0 Å². The van der Waals surface area contributed by atoms with Gasteiger partial charge in [-0.25, -0.2) is 4.79 Å². The standard InChI is InChI=1S/C12H13NO3/c1-7-3-4-8-6-10(11(14)12(15)16)13(2)9(8)5-7/h3-6,11,14H,1-2H3,(H,15,16). The van der Waals surface area contributed by atoms with E-state index < -0.39 is 12.1 Å². The van der Waals surface area contributed by atoms with Crippen molar-refractivity contribution in [1.82, 2.24) is 4.57 Å². The summed E-state index contributed by atoms with van der Waals surface area (Å²) in [7, 11) is 1.75. The summed E-state index contributed by atoms with van der Waals surface area (Å²) in [5.74, 6) is -1.23. The number of aryl methyl sites for hydroxylation is 2. The molecule has 0 fully saturated rings. The van der Waals surface area contributed by atoms with Crippen LogP contribution in [0.4, 0.5) is 0 Å². The van der Waals surface area contributed by atoms with Gasteiger partial charge in [0, 0.05) is 12.6 Å². The van der Waals surface area contributed by atoms with Crippen LogP contribution in [0.25, 0.3) is 10.9 Å². The number of hydrogen-bond donors (Lipinski definition) is 2. The van der Waals surface area contributed by atoms with E-state index in [1.54, 1.807) is 17.7 Å². The summed E-state index contributed by atoms with van der Waals surface area (Å²) in [4.78, 5) is 10.7. The van der Waals surface area contributed by atoms with Crippen LogP contribution in [-0.2, 0) is 11.8 Å². The highest BCUT2D eigenvalue weighted by Crippen LogP contribution is 2.24. The number of aliphatic hydroxyl groups is 1. The summed E-state index contributed by atoms with van der Waals surface area (Å²) in [6, 6.07) is 7.54. The van der Waals surface area contributed by atoms with E-state index in [1.165, 1.54) is 0 Å². The van der Waals surface area contributed by atoms with Crippen molar-refractivity contribution in [2.24, 2.45) is 7.05 Å². The molecule has 0 spiro atoms. The number of nitrogens with zero attached hydrogens (tertiary/aromatic N) is 1. The molecule has 1 aromatic heterocycles. The van der Waals surface area contributed by atoms with Gasteiger partial charge in [0.25, 0.3) is 0 Å². The molecule has 2 aromatic rings. The van der Waals surface area contributed by atoms with E-state index in [9.17, 15) is 9.90 Å². The summed E-state index contributed by atoms with van der Waals surface area (Å²) in [6.07, 6.45) is -1.47. The molecule has 0 saturated heterocycles. The van der Waals surface area contributed by atoms with Gasteiger partial charge in [0.15, 0.2) is 6.10 Å². The van der Waals surface area contributed by atoms with Gasteiger partial charge in [-0.1, -0.05) is 12.1 Å². The minimum atomic E-state index is -1.47. The third-order valence-corrected chi connectivity index (χ3v) is 2.75. The molecular weight excluding hydrogens is 206 g/mol. The van der Waals surface area contributed by atoms with Crippen LogP contribution in [0, 0.1) is 6.92 Å². The van der Waals surface area contributed by atoms with Gasteiger partial charge in [0.2, 0.25) is 0 Å². The van der Waals surface area contributed by atoms with Crippen LogP contribution in [-0.4, -0.2) is 20.7 Å². The lowest BCUT2D eigenvalue weighted by atomic mass is 10.2. The Bertz CT molecular complexity index is 557. The fourth-order valence-corrected chi connectivity index (χ4v) is 1.85. The second-order valence-electron chi connectivity index (χ2n) is 3.93. The van der Waals surface area contributed by atoms with Crippen LogP contribution < -0.4 is 0 Å². The quantitative estimate of drug-likeness (QED) is 0.806. The second-order valence-corrected chi connectivity index (χ2v) is 3.93. The van der Waals surface area contributed by atoms with Crippen molar-refractivity contribution in [3.05, 3.63) is 35.5 Å². The molecule has 1 atom stereocenters. The Hall–Kier alpha value is -1.81. The predicted molar refractivity (Wildman–Crippen MR) is 60.3 cm³/mol. The van der Waals surface area contributed by atoms with Crippen LogP contribution in [0.1, 0.15) is 17.4 Å². The number of aliphatic hydroxyl groups excluding tert-OH is 1. The summed E-state index contributed by atoms with van der Waals surface area (Å²) < 4.78 is 1.71. The molecule has 4 nitrogen and oxygen atoms in total. The molecule has 1 aromatic carbocycles. The molecule has 1 heterocycles. The Morgan fingerprint density at radius 2 is 2.06 bits per heavy atom. The average Bonchev–Trinajstić information content (AvgIpc) is 2.55. The van der Waals surface area contributed by atoms with Crippen molar-refractivity contribution in [3.63, 3.8) is 0 Å². The van der Waals surface area contributed by atoms with Gasteiger partial charge in [0.05, 0.1) is 5.69 Å². The molecule has 2 rings (SSSR count). The summed E-state index contributed by atoms with van der Waals surface area (Å²) >= 11 is 0. The summed E-state index contributed by atoms with van der Waals surface area (Å²) in [5, 5.41) is 19.2. The molecule has 0 aliphatic rings. The van der Waals surface area contributed by atoms with Crippen molar-refractivity contribution in [2.75, 3.05) is 0 Å². The van der Waals surface area contributed by atoms with Crippen molar-refractivity contribution < 1.29 is 15.0 Å². The zero-order chi connectivity index (χ0) is 11.9. The Balaban J connectivity index is 2.64. The van der Waals surface area contributed by atoms with Gasteiger partial charge in [-0.05, 0) is 30.0 Å². The minimum absolute atomic E-state index is 0.396. The van der Waals surface area contributed by atoms with E-state index in [0.717, 1.165) is 16.5 Å². The molecule has 1 unspecified atom stereocenters. The minimum Gasteiger partial charge on any atom is -0.479 e. The van der Waals surface area contributed by atoms with E-state index in [4.69, 9.17) is 5.11 Å². The second kappa shape index (κ2) is 3.64. The molecule has 2 N–H and O–H groups in total. The molecular formula is C12H13NO3. The number of benzene rings is 1. The Labute approximate surface area is 92.7 Å². The molecule has 4 heteroatoms. The molecule has 0 saturated carbocycles. The van der Waals surface area contributed by atoms with Crippen LogP contribution in [0.3, 0.4) is 0 Å². The largest absolute Gasteiger partial charge is 0.479 e. The maximum atomic E-state index is 10.7. The molecule has 0 bridgehead atoms. The van der Waals surface area contributed by atoms with Gasteiger partial charge in [-0.3, -0.25) is 0 Å². The Morgan fingerprint density at radius 3 is 2.69 bits per heavy atom. The van der Waals surface area contributed by atoms with Gasteiger partial charge >= 0.3 is 5.97 Å². The number of aliphatic carboxylic acids is 1. The summed E-state index contributed by atoms with van der Waals surface area (Å²) in [6.45, 7) is 1.97. The van der Waals surface area contributed by atoms with Crippen LogP contribution in [0.15, 0.2) is 24.3 Å². The highest BCUT2D eigenvalue weighted by atomic mass is 16.4. The normalized spacial score (nSPS) is 12.9. The first-order chi connectivity index (χ1) is 7.50. The van der Waals surface area contributed by atoms with E-state index in [0.29, 0.717) is 5.69 Å². The van der Waals surface area contributed by atoms with Crippen molar-refractivity contribution in [3.8, 4) is 0 Å². The molecule has 84 valence electrons. The first-order valence-corrected chi connectivity index (χ1v) is 4.97. The Morgan fingerprint density at radius 1 is 1.38 bits per heavy atom. The third-order valence-electron chi connectivity index (χ3n) is 2.75. The zero-order valence-corrected chi connectivity index (χ0v) is 9.14. The van der Waals surface area contributed by atoms with Crippen molar-refractivity contribution in [1.29, 1.82) is 0 Å². The fraction of sp³-hybridized carbons (Fsp3) is 0.250. The number of fused-ring (bicyclic) bond motifs is 1. The third kappa shape index (κ3) is 1.57. The number of aromatic nitrogens is 1. The number of rotatable bonds is 2. The van der Waals surface area contributed by atoms with E-state index >= 15 is 0 Å². The first-order valence-electron chi connectivity index (χ1n) is 4.97. The van der Waals surface area contributed by atoms with Crippen LogP contribution >= 0.6 is 0 Å². The molecule has 0 amide bonds. The number of hydrogen-bond acceptors (Lipinski definition) is 2. The van der Waals surface area contributed by atoms with Crippen LogP contribution in [0.2, 0.25) is 0 Å². The molecule has 0 aliphatic heterocycles. The molecule has 0 radical (unpaired) electrons. The maximum Gasteiger partial charge on any atom is 0.338 e. The van der Waals surface area contributed by atoms with Gasteiger partial charge in [0.1, 0.15) is 0 Å². The zero-order valence-electron chi connectivity index (χ0n) is 9.14. The predicted octanol–water partition coefficient (Wildman–Crippen LogP) is 1.60. The highest BCUT2D eigenvalue weighted by molar-refractivity contribution is 5.84. The van der Waals surface area contributed by atoms with Crippen molar-refractivity contribution in [2.45, 2.75) is 13.0 Å². The lowest BCUT2D eigenvalue weighted by molar-refractivity contribution is -0.147. The van der Waals surface area contributed by atoms with E-state index in [-0.39, 0.29) is 0 Å². The molecule has 16 heavy (non-hydrogen) atoms.